The summed E-state index contributed by atoms with van der Waals surface area (Å²) >= 11 is 0. The molecule has 1 saturated carbocycles. The van der Waals surface area contributed by atoms with Gasteiger partial charge in [-0.15, -0.1) is 0 Å². The van der Waals surface area contributed by atoms with Crippen LogP contribution in [0.2, 0.25) is 0 Å². The molecular formula is C24H27N3O2. The maximum Gasteiger partial charge on any atom is 0.252 e. The molecular weight excluding hydrogens is 362 g/mol. The topological polar surface area (TPSA) is 63.2 Å². The second kappa shape index (κ2) is 7.74. The smallest absolute Gasteiger partial charge is 0.252 e. The predicted molar refractivity (Wildman–Crippen MR) is 117 cm³/mol. The minimum atomic E-state index is -0.349. The summed E-state index contributed by atoms with van der Waals surface area (Å²) in [6, 6.07) is 13.9. The quantitative estimate of drug-likeness (QED) is 0.610. The second-order valence-corrected chi connectivity index (χ2v) is 7.74. The highest BCUT2D eigenvalue weighted by molar-refractivity contribution is 5.97. The lowest BCUT2D eigenvalue weighted by Gasteiger charge is -2.22. The van der Waals surface area contributed by atoms with Crippen molar-refractivity contribution in [1.29, 1.82) is 0 Å². The number of nitrogens with zero attached hydrogens (tertiary/aromatic N) is 1. The van der Waals surface area contributed by atoms with Gasteiger partial charge in [-0.1, -0.05) is 19.1 Å². The van der Waals surface area contributed by atoms with Crippen molar-refractivity contribution in [2.45, 2.75) is 38.6 Å². The van der Waals surface area contributed by atoms with E-state index in [1.807, 2.05) is 31.3 Å². The van der Waals surface area contributed by atoms with E-state index in [-0.39, 0.29) is 11.4 Å². The van der Waals surface area contributed by atoms with Crippen molar-refractivity contribution in [3.63, 3.8) is 0 Å². The van der Waals surface area contributed by atoms with Crippen LogP contribution < -0.4 is 15.4 Å². The number of carbonyl (C=O) groups excluding carboxylic acids is 1. The van der Waals surface area contributed by atoms with Crippen LogP contribution in [0.3, 0.4) is 0 Å². The number of anilines is 1. The largest absolute Gasteiger partial charge is 0.497 e. The SMILES string of the molecule is CCCNc1cc(C2(NC(=O)c3cc(OC)ccc3C)CC2)c2cccnc2c1. The van der Waals surface area contributed by atoms with Gasteiger partial charge in [-0.2, -0.15) is 0 Å². The summed E-state index contributed by atoms with van der Waals surface area (Å²) in [4.78, 5) is 17.7. The lowest BCUT2D eigenvalue weighted by molar-refractivity contribution is 0.0930. The molecule has 1 amide bonds. The number of rotatable bonds is 7. The van der Waals surface area contributed by atoms with E-state index in [1.165, 1.54) is 0 Å². The van der Waals surface area contributed by atoms with Crippen LogP contribution in [0.4, 0.5) is 5.69 Å². The van der Waals surface area contributed by atoms with Crippen molar-refractivity contribution < 1.29 is 9.53 Å². The lowest BCUT2D eigenvalue weighted by atomic mass is 9.97. The summed E-state index contributed by atoms with van der Waals surface area (Å²) in [5, 5.41) is 7.88. The van der Waals surface area contributed by atoms with E-state index in [9.17, 15) is 4.79 Å². The Hall–Kier alpha value is -3.08. The number of aromatic nitrogens is 1. The Morgan fingerprint density at radius 3 is 2.76 bits per heavy atom. The normalized spacial score (nSPS) is 14.4. The van der Waals surface area contributed by atoms with Crippen LogP contribution in [0.5, 0.6) is 5.75 Å². The van der Waals surface area contributed by atoms with Crippen molar-refractivity contribution in [2.75, 3.05) is 19.0 Å². The maximum absolute atomic E-state index is 13.2. The summed E-state index contributed by atoms with van der Waals surface area (Å²) in [6.07, 6.45) is 4.70. The van der Waals surface area contributed by atoms with Crippen molar-refractivity contribution in [1.82, 2.24) is 10.3 Å². The number of fused-ring (bicyclic) bond motifs is 1. The predicted octanol–water partition coefficient (Wildman–Crippen LogP) is 4.79. The van der Waals surface area contributed by atoms with E-state index >= 15 is 0 Å². The number of ether oxygens (including phenoxy) is 1. The fourth-order valence-corrected chi connectivity index (χ4v) is 3.79. The zero-order valence-corrected chi connectivity index (χ0v) is 17.2. The first kappa shape index (κ1) is 19.2. The van der Waals surface area contributed by atoms with Gasteiger partial charge in [0.25, 0.3) is 5.91 Å². The zero-order valence-electron chi connectivity index (χ0n) is 17.2. The zero-order chi connectivity index (χ0) is 20.4. The molecule has 1 fully saturated rings. The molecule has 150 valence electrons. The first-order valence-corrected chi connectivity index (χ1v) is 10.2. The number of nitrogens with one attached hydrogen (secondary N) is 2. The molecule has 4 rings (SSSR count). The van der Waals surface area contributed by atoms with Gasteiger partial charge in [-0.25, -0.2) is 0 Å². The average Bonchev–Trinajstić information content (AvgIpc) is 3.52. The summed E-state index contributed by atoms with van der Waals surface area (Å²) in [7, 11) is 1.61. The van der Waals surface area contributed by atoms with Crippen LogP contribution in [-0.2, 0) is 5.54 Å². The first-order chi connectivity index (χ1) is 14.1. The molecule has 0 aliphatic heterocycles. The molecule has 0 spiro atoms. The molecule has 5 heteroatoms. The number of aryl methyl sites for hydroxylation is 1. The first-order valence-electron chi connectivity index (χ1n) is 10.2. The highest BCUT2D eigenvalue weighted by Crippen LogP contribution is 2.49. The van der Waals surface area contributed by atoms with Crippen molar-refractivity contribution in [3.05, 3.63) is 65.4 Å². The van der Waals surface area contributed by atoms with Crippen LogP contribution in [-0.4, -0.2) is 24.5 Å². The van der Waals surface area contributed by atoms with Gasteiger partial charge >= 0.3 is 0 Å². The Kier molecular flexibility index (Phi) is 5.14. The molecule has 1 heterocycles. The third kappa shape index (κ3) is 3.77. The van der Waals surface area contributed by atoms with E-state index in [2.05, 4.69) is 40.7 Å². The third-order valence-electron chi connectivity index (χ3n) is 5.61. The Balaban J connectivity index is 1.71. The van der Waals surface area contributed by atoms with Gasteiger partial charge in [0.15, 0.2) is 0 Å². The van der Waals surface area contributed by atoms with Crippen LogP contribution in [0.15, 0.2) is 48.7 Å². The van der Waals surface area contributed by atoms with Crippen molar-refractivity contribution >= 4 is 22.5 Å². The fourth-order valence-electron chi connectivity index (χ4n) is 3.79. The van der Waals surface area contributed by atoms with Crippen molar-refractivity contribution in [2.24, 2.45) is 0 Å². The Morgan fingerprint density at radius 1 is 1.21 bits per heavy atom. The second-order valence-electron chi connectivity index (χ2n) is 7.74. The summed E-state index contributed by atoms with van der Waals surface area (Å²) < 4.78 is 5.30. The number of carbonyl (C=O) groups is 1. The summed E-state index contributed by atoms with van der Waals surface area (Å²) in [6.45, 7) is 4.99. The Morgan fingerprint density at radius 2 is 2.03 bits per heavy atom. The van der Waals surface area contributed by atoms with Gasteiger partial charge in [-0.05, 0) is 67.6 Å². The number of pyridine rings is 1. The van der Waals surface area contributed by atoms with Gasteiger partial charge in [0.1, 0.15) is 5.75 Å². The van der Waals surface area contributed by atoms with E-state index in [4.69, 9.17) is 4.74 Å². The van der Waals surface area contributed by atoms with E-state index < -0.39 is 0 Å². The van der Waals surface area contributed by atoms with Crippen molar-refractivity contribution in [3.8, 4) is 5.75 Å². The molecule has 3 aromatic rings. The Labute approximate surface area is 171 Å². The summed E-state index contributed by atoms with van der Waals surface area (Å²) in [5.74, 6) is 0.619. The minimum absolute atomic E-state index is 0.0668. The molecule has 0 radical (unpaired) electrons. The molecule has 1 aliphatic carbocycles. The fraction of sp³-hybridized carbons (Fsp3) is 0.333. The minimum Gasteiger partial charge on any atom is -0.497 e. The monoisotopic (exact) mass is 389 g/mol. The van der Waals surface area contributed by atoms with E-state index in [1.54, 1.807) is 13.2 Å². The molecule has 0 saturated heterocycles. The van der Waals surface area contributed by atoms with Crippen LogP contribution in [0.25, 0.3) is 10.9 Å². The molecule has 1 aromatic heterocycles. The number of methoxy groups -OCH3 is 1. The van der Waals surface area contributed by atoms with Gasteiger partial charge in [0.05, 0.1) is 18.2 Å². The van der Waals surface area contributed by atoms with E-state index in [0.717, 1.165) is 53.5 Å². The maximum atomic E-state index is 13.2. The number of hydrogen-bond donors (Lipinski definition) is 2. The third-order valence-corrected chi connectivity index (χ3v) is 5.61. The highest BCUT2D eigenvalue weighted by atomic mass is 16.5. The van der Waals surface area contributed by atoms with Crippen LogP contribution in [0, 0.1) is 6.92 Å². The van der Waals surface area contributed by atoms with Crippen LogP contribution >= 0.6 is 0 Å². The Bertz CT molecular complexity index is 1060. The number of hydrogen-bond acceptors (Lipinski definition) is 4. The molecule has 0 atom stereocenters. The molecule has 1 aliphatic rings. The molecule has 2 aromatic carbocycles. The number of amides is 1. The van der Waals surface area contributed by atoms with Gasteiger partial charge < -0.3 is 15.4 Å². The molecule has 0 bridgehead atoms. The van der Waals surface area contributed by atoms with Gasteiger partial charge in [0, 0.05) is 29.4 Å². The standard InChI is InChI=1S/C24H27N3O2/c1-4-11-25-17-13-21(19-6-5-12-26-22(19)14-17)24(9-10-24)27-23(28)20-15-18(29-3)8-7-16(20)2/h5-8,12-15,25H,4,9-11H2,1-3H3,(H,27,28). The lowest BCUT2D eigenvalue weighted by Crippen LogP contribution is -2.35. The van der Waals surface area contributed by atoms with Gasteiger partial charge in [-0.3, -0.25) is 9.78 Å². The van der Waals surface area contributed by atoms with Gasteiger partial charge in [0.2, 0.25) is 0 Å². The summed E-state index contributed by atoms with van der Waals surface area (Å²) in [5.41, 5.74) is 4.36. The molecule has 2 N–H and O–H groups in total. The van der Waals surface area contributed by atoms with E-state index in [0.29, 0.717) is 11.3 Å². The average molecular weight is 389 g/mol. The highest BCUT2D eigenvalue weighted by Gasteiger charge is 2.47. The van der Waals surface area contributed by atoms with Crippen LogP contribution in [0.1, 0.15) is 47.7 Å². The molecule has 0 unspecified atom stereocenters. The molecule has 5 nitrogen and oxygen atoms in total. The molecule has 29 heavy (non-hydrogen) atoms. The number of benzene rings is 2.